The zero-order valence-corrected chi connectivity index (χ0v) is 9.55. The maximum Gasteiger partial charge on any atom is 0.169 e. The van der Waals surface area contributed by atoms with E-state index < -0.39 is 17.7 Å². The van der Waals surface area contributed by atoms with Crippen LogP contribution in [0.4, 0.5) is 4.39 Å². The first-order valence-electron chi connectivity index (χ1n) is 4.21. The van der Waals surface area contributed by atoms with Crippen LogP contribution in [0, 0.1) is 5.82 Å². The molecule has 1 atom stereocenters. The van der Waals surface area contributed by atoms with E-state index in [-0.39, 0.29) is 22.3 Å². The summed E-state index contributed by atoms with van der Waals surface area (Å²) in [7, 11) is 1.62. The molecule has 0 fully saturated rings. The van der Waals surface area contributed by atoms with Crippen molar-refractivity contribution in [3.8, 4) is 11.5 Å². The fourth-order valence-electron chi connectivity index (χ4n) is 1.17. The molecule has 4 N–H and O–H groups in total. The Bertz CT molecular complexity index is 373. The van der Waals surface area contributed by atoms with Crippen LogP contribution in [-0.4, -0.2) is 28.9 Å². The largest absolute Gasteiger partial charge is 0.506 e. The summed E-state index contributed by atoms with van der Waals surface area (Å²) in [6.45, 7) is 0.171. The Kier molecular flexibility index (Phi) is 3.90. The minimum atomic E-state index is -1.04. The van der Waals surface area contributed by atoms with E-state index in [2.05, 4.69) is 21.2 Å². The summed E-state index contributed by atoms with van der Waals surface area (Å²) in [5, 5.41) is 30.9. The van der Waals surface area contributed by atoms with E-state index in [1.165, 1.54) is 0 Å². The van der Waals surface area contributed by atoms with E-state index >= 15 is 0 Å². The van der Waals surface area contributed by atoms with Gasteiger partial charge < -0.3 is 20.6 Å². The molecular weight excluding hydrogens is 269 g/mol. The van der Waals surface area contributed by atoms with Gasteiger partial charge in [0.25, 0.3) is 0 Å². The average molecular weight is 280 g/mol. The van der Waals surface area contributed by atoms with Crippen molar-refractivity contribution in [2.24, 2.45) is 0 Å². The van der Waals surface area contributed by atoms with Crippen molar-refractivity contribution in [3.05, 3.63) is 21.9 Å². The number of phenols is 2. The van der Waals surface area contributed by atoms with Gasteiger partial charge in [0.05, 0.1) is 6.10 Å². The molecule has 0 aliphatic carbocycles. The number of likely N-dealkylation sites (N-methyl/N-ethyl adjacent to an activating group) is 1. The van der Waals surface area contributed by atoms with E-state index in [1.807, 2.05) is 0 Å². The standard InChI is InChI=1S/C9H11BrFNO3/c1-12-3-6(13)4-2-5(11)9(15)7(10)8(4)14/h2,6,12-15H,3H2,1H3. The van der Waals surface area contributed by atoms with Gasteiger partial charge in [0, 0.05) is 12.1 Å². The van der Waals surface area contributed by atoms with Gasteiger partial charge >= 0.3 is 0 Å². The van der Waals surface area contributed by atoms with Gasteiger partial charge in [0.2, 0.25) is 0 Å². The summed E-state index contributed by atoms with van der Waals surface area (Å²) >= 11 is 2.83. The SMILES string of the molecule is CNCC(O)c1cc(F)c(O)c(Br)c1O. The average Bonchev–Trinajstić information content (AvgIpc) is 2.20. The molecule has 1 unspecified atom stereocenters. The van der Waals surface area contributed by atoms with Crippen LogP contribution >= 0.6 is 15.9 Å². The van der Waals surface area contributed by atoms with E-state index in [0.29, 0.717) is 0 Å². The summed E-state index contributed by atoms with van der Waals surface area (Å²) in [4.78, 5) is 0. The summed E-state index contributed by atoms with van der Waals surface area (Å²) in [6, 6.07) is 0.900. The van der Waals surface area contributed by atoms with Gasteiger partial charge in [-0.2, -0.15) is 0 Å². The van der Waals surface area contributed by atoms with E-state index in [1.54, 1.807) is 7.05 Å². The first-order valence-corrected chi connectivity index (χ1v) is 5.00. The number of phenolic OH excluding ortho intramolecular Hbond substituents is 2. The molecule has 15 heavy (non-hydrogen) atoms. The first-order chi connectivity index (χ1) is 6.99. The lowest BCUT2D eigenvalue weighted by atomic mass is 10.1. The number of aliphatic hydroxyl groups is 1. The predicted molar refractivity (Wildman–Crippen MR) is 56.3 cm³/mol. The van der Waals surface area contributed by atoms with Crippen molar-refractivity contribution < 1.29 is 19.7 Å². The van der Waals surface area contributed by atoms with Crippen LogP contribution in [0.1, 0.15) is 11.7 Å². The normalized spacial score (nSPS) is 12.8. The van der Waals surface area contributed by atoms with Gasteiger partial charge in [-0.25, -0.2) is 4.39 Å². The Morgan fingerprint density at radius 3 is 2.60 bits per heavy atom. The van der Waals surface area contributed by atoms with Gasteiger partial charge in [-0.05, 0) is 29.0 Å². The van der Waals surface area contributed by atoms with Crippen LogP contribution in [0.15, 0.2) is 10.5 Å². The van der Waals surface area contributed by atoms with Crippen molar-refractivity contribution in [1.82, 2.24) is 5.32 Å². The van der Waals surface area contributed by atoms with Gasteiger partial charge in [0.15, 0.2) is 11.6 Å². The number of aromatic hydroxyl groups is 2. The Morgan fingerprint density at radius 2 is 2.07 bits per heavy atom. The van der Waals surface area contributed by atoms with E-state index in [4.69, 9.17) is 5.11 Å². The molecule has 0 amide bonds. The van der Waals surface area contributed by atoms with Crippen molar-refractivity contribution in [3.63, 3.8) is 0 Å². The molecule has 84 valence electrons. The third-order valence-electron chi connectivity index (χ3n) is 1.95. The maximum absolute atomic E-state index is 13.1. The monoisotopic (exact) mass is 279 g/mol. The van der Waals surface area contributed by atoms with Crippen LogP contribution in [0.3, 0.4) is 0 Å². The van der Waals surface area contributed by atoms with Crippen molar-refractivity contribution in [1.29, 1.82) is 0 Å². The third-order valence-corrected chi connectivity index (χ3v) is 2.71. The number of aliphatic hydroxyl groups excluding tert-OH is 1. The number of hydrogen-bond acceptors (Lipinski definition) is 4. The highest BCUT2D eigenvalue weighted by Crippen LogP contribution is 2.40. The second-order valence-corrected chi connectivity index (χ2v) is 3.83. The molecule has 1 aromatic carbocycles. The lowest BCUT2D eigenvalue weighted by molar-refractivity contribution is 0.173. The lowest BCUT2D eigenvalue weighted by Crippen LogP contribution is -2.17. The highest BCUT2D eigenvalue weighted by molar-refractivity contribution is 9.10. The van der Waals surface area contributed by atoms with Crippen molar-refractivity contribution in [2.75, 3.05) is 13.6 Å². The van der Waals surface area contributed by atoms with Crippen LogP contribution in [0.5, 0.6) is 11.5 Å². The summed E-state index contributed by atoms with van der Waals surface area (Å²) < 4.78 is 12.9. The molecule has 0 aliphatic rings. The molecule has 1 rings (SSSR count). The van der Waals surface area contributed by atoms with Gasteiger partial charge in [-0.15, -0.1) is 0 Å². The van der Waals surface area contributed by atoms with Gasteiger partial charge in [0.1, 0.15) is 10.2 Å². The molecule has 0 radical (unpaired) electrons. The molecular formula is C9H11BrFNO3. The van der Waals surface area contributed by atoms with Crippen molar-refractivity contribution in [2.45, 2.75) is 6.10 Å². The summed E-state index contributed by atoms with van der Waals surface area (Å²) in [6.07, 6.45) is -1.04. The lowest BCUT2D eigenvalue weighted by Gasteiger charge is -2.14. The van der Waals surface area contributed by atoms with Crippen molar-refractivity contribution >= 4 is 15.9 Å². The number of hydrogen-bond donors (Lipinski definition) is 4. The summed E-state index contributed by atoms with van der Waals surface area (Å²) in [5.74, 6) is -1.94. The fraction of sp³-hybridized carbons (Fsp3) is 0.333. The first kappa shape index (κ1) is 12.2. The molecule has 4 nitrogen and oxygen atoms in total. The Balaban J connectivity index is 3.19. The molecule has 6 heteroatoms. The van der Waals surface area contributed by atoms with Crippen LogP contribution in [-0.2, 0) is 0 Å². The molecule has 0 aromatic heterocycles. The highest BCUT2D eigenvalue weighted by Gasteiger charge is 2.19. The Hall–Kier alpha value is -0.850. The second-order valence-electron chi connectivity index (χ2n) is 3.03. The second kappa shape index (κ2) is 4.78. The molecule has 0 spiro atoms. The Labute approximate surface area is 94.5 Å². The fourth-order valence-corrected chi connectivity index (χ4v) is 1.59. The highest BCUT2D eigenvalue weighted by atomic mass is 79.9. The quantitative estimate of drug-likeness (QED) is 0.672. The van der Waals surface area contributed by atoms with Gasteiger partial charge in [-0.1, -0.05) is 0 Å². The van der Waals surface area contributed by atoms with Crippen LogP contribution in [0.2, 0.25) is 0 Å². The van der Waals surface area contributed by atoms with Gasteiger partial charge in [-0.3, -0.25) is 0 Å². The molecule has 1 aromatic rings. The molecule has 0 saturated carbocycles. The number of benzene rings is 1. The smallest absolute Gasteiger partial charge is 0.169 e. The maximum atomic E-state index is 13.1. The predicted octanol–water partition coefficient (Wildman–Crippen LogP) is 1.25. The number of rotatable bonds is 3. The molecule has 0 bridgehead atoms. The van der Waals surface area contributed by atoms with E-state index in [0.717, 1.165) is 6.07 Å². The molecule has 0 aliphatic heterocycles. The zero-order valence-electron chi connectivity index (χ0n) is 7.96. The van der Waals surface area contributed by atoms with Crippen LogP contribution < -0.4 is 5.32 Å². The van der Waals surface area contributed by atoms with Crippen LogP contribution in [0.25, 0.3) is 0 Å². The summed E-state index contributed by atoms with van der Waals surface area (Å²) in [5.41, 5.74) is 0.0199. The molecule has 0 saturated heterocycles. The Morgan fingerprint density at radius 1 is 1.47 bits per heavy atom. The minimum Gasteiger partial charge on any atom is -0.506 e. The number of halogens is 2. The molecule has 0 heterocycles. The number of nitrogens with one attached hydrogen (secondary N) is 1. The third kappa shape index (κ3) is 2.39. The minimum absolute atomic E-state index is 0.0199. The zero-order chi connectivity index (χ0) is 11.6. The topological polar surface area (TPSA) is 72.7 Å². The van der Waals surface area contributed by atoms with E-state index in [9.17, 15) is 14.6 Å².